The Labute approximate surface area is 111 Å². The van der Waals surface area contributed by atoms with E-state index in [2.05, 4.69) is 4.98 Å². The lowest BCUT2D eigenvalue weighted by Gasteiger charge is -2.27. The van der Waals surface area contributed by atoms with Crippen LogP contribution in [0.3, 0.4) is 0 Å². The lowest BCUT2D eigenvalue weighted by molar-refractivity contribution is 0.112. The minimum atomic E-state index is -0.259. The predicted octanol–water partition coefficient (Wildman–Crippen LogP) is 3.23. The summed E-state index contributed by atoms with van der Waals surface area (Å²) in [6.45, 7) is 1.88. The molecule has 0 amide bonds. The van der Waals surface area contributed by atoms with Crippen LogP contribution in [-0.2, 0) is 0 Å². The molecule has 1 aromatic heterocycles. The Morgan fingerprint density at radius 2 is 2.00 bits per heavy atom. The highest BCUT2D eigenvalue weighted by molar-refractivity contribution is 5.82. The number of aldehydes is 1. The van der Waals surface area contributed by atoms with E-state index in [0.29, 0.717) is 16.9 Å². The van der Waals surface area contributed by atoms with Crippen molar-refractivity contribution in [3.63, 3.8) is 0 Å². The van der Waals surface area contributed by atoms with Gasteiger partial charge < -0.3 is 4.90 Å². The molecular formula is C15H15FN2O. The molecule has 0 spiro atoms. The van der Waals surface area contributed by atoms with Gasteiger partial charge in [0, 0.05) is 18.8 Å². The molecule has 1 atom stereocenters. The summed E-state index contributed by atoms with van der Waals surface area (Å²) >= 11 is 0. The molecule has 1 unspecified atom stereocenters. The van der Waals surface area contributed by atoms with Gasteiger partial charge in [-0.2, -0.15) is 0 Å². The van der Waals surface area contributed by atoms with Crippen molar-refractivity contribution in [2.24, 2.45) is 0 Å². The third-order valence-corrected chi connectivity index (χ3v) is 3.21. The summed E-state index contributed by atoms with van der Waals surface area (Å²) in [4.78, 5) is 17.0. The molecule has 0 saturated carbocycles. The first-order valence-corrected chi connectivity index (χ1v) is 6.02. The fourth-order valence-corrected chi connectivity index (χ4v) is 2.00. The van der Waals surface area contributed by atoms with Gasteiger partial charge in [0.25, 0.3) is 0 Å². The normalized spacial score (nSPS) is 11.9. The zero-order valence-electron chi connectivity index (χ0n) is 10.9. The summed E-state index contributed by atoms with van der Waals surface area (Å²) in [5.74, 6) is 0.290. The van der Waals surface area contributed by atoms with Crippen LogP contribution in [0.4, 0.5) is 10.2 Å². The average molecular weight is 258 g/mol. The van der Waals surface area contributed by atoms with E-state index in [1.165, 1.54) is 6.07 Å². The Morgan fingerprint density at radius 3 is 2.68 bits per heavy atom. The lowest BCUT2D eigenvalue weighted by atomic mass is 10.1. The summed E-state index contributed by atoms with van der Waals surface area (Å²) in [5, 5.41) is 0. The molecule has 98 valence electrons. The van der Waals surface area contributed by atoms with Gasteiger partial charge in [0.05, 0.1) is 11.6 Å². The third kappa shape index (κ3) is 2.62. The molecule has 0 N–H and O–H groups in total. The van der Waals surface area contributed by atoms with Crippen molar-refractivity contribution < 1.29 is 9.18 Å². The Morgan fingerprint density at radius 1 is 1.26 bits per heavy atom. The van der Waals surface area contributed by atoms with Gasteiger partial charge in [-0.05, 0) is 25.1 Å². The van der Waals surface area contributed by atoms with Crippen LogP contribution in [-0.4, -0.2) is 18.3 Å². The van der Waals surface area contributed by atoms with Crippen molar-refractivity contribution in [2.75, 3.05) is 11.9 Å². The SMILES string of the molecule is CC(c1ccccc1F)N(C)c1ncccc1C=O. The highest BCUT2D eigenvalue weighted by Gasteiger charge is 2.18. The second-order valence-electron chi connectivity index (χ2n) is 4.34. The summed E-state index contributed by atoms with van der Waals surface area (Å²) in [7, 11) is 1.80. The van der Waals surface area contributed by atoms with Crippen LogP contribution in [0.25, 0.3) is 0 Å². The van der Waals surface area contributed by atoms with E-state index in [0.717, 1.165) is 6.29 Å². The fourth-order valence-electron chi connectivity index (χ4n) is 2.00. The lowest BCUT2D eigenvalue weighted by Crippen LogP contribution is -2.24. The summed E-state index contributed by atoms with van der Waals surface area (Å²) < 4.78 is 13.8. The van der Waals surface area contributed by atoms with E-state index in [-0.39, 0.29) is 11.9 Å². The van der Waals surface area contributed by atoms with Gasteiger partial charge in [0.15, 0.2) is 6.29 Å². The first-order valence-electron chi connectivity index (χ1n) is 6.02. The molecule has 0 aliphatic carbocycles. The van der Waals surface area contributed by atoms with Crippen LogP contribution in [0.15, 0.2) is 42.6 Å². The average Bonchev–Trinajstić information content (AvgIpc) is 2.46. The minimum absolute atomic E-state index is 0.213. The number of benzene rings is 1. The maximum atomic E-state index is 13.8. The van der Waals surface area contributed by atoms with Gasteiger partial charge in [0.1, 0.15) is 11.6 Å². The Hall–Kier alpha value is -2.23. The zero-order valence-corrected chi connectivity index (χ0v) is 10.9. The molecule has 2 rings (SSSR count). The standard InChI is InChI=1S/C15H15FN2O/c1-11(13-7-3-4-8-14(13)16)18(2)15-12(10-19)6-5-9-17-15/h3-11H,1-2H3. The van der Waals surface area contributed by atoms with E-state index >= 15 is 0 Å². The predicted molar refractivity (Wildman–Crippen MR) is 72.8 cm³/mol. The number of carbonyl (C=O) groups is 1. The zero-order chi connectivity index (χ0) is 13.8. The molecule has 19 heavy (non-hydrogen) atoms. The first-order chi connectivity index (χ1) is 9.15. The maximum Gasteiger partial charge on any atom is 0.153 e. The topological polar surface area (TPSA) is 33.2 Å². The molecular weight excluding hydrogens is 243 g/mol. The number of halogens is 1. The molecule has 1 heterocycles. The first kappa shape index (κ1) is 13.2. The van der Waals surface area contributed by atoms with Crippen molar-refractivity contribution >= 4 is 12.1 Å². The molecule has 0 aliphatic heterocycles. The molecule has 2 aromatic rings. The van der Waals surface area contributed by atoms with Gasteiger partial charge in [-0.3, -0.25) is 4.79 Å². The largest absolute Gasteiger partial charge is 0.352 e. The molecule has 0 fully saturated rings. The molecule has 0 saturated heterocycles. The Balaban J connectivity index is 2.36. The van der Waals surface area contributed by atoms with Crippen LogP contribution in [0, 0.1) is 5.82 Å². The fraction of sp³-hybridized carbons (Fsp3) is 0.200. The number of anilines is 1. The minimum Gasteiger partial charge on any atom is -0.352 e. The van der Waals surface area contributed by atoms with Crippen molar-refractivity contribution in [3.8, 4) is 0 Å². The summed E-state index contributed by atoms with van der Waals surface area (Å²) in [6, 6.07) is 9.80. The second-order valence-corrected chi connectivity index (χ2v) is 4.34. The van der Waals surface area contributed by atoms with Crippen molar-refractivity contribution in [3.05, 3.63) is 59.5 Å². The van der Waals surface area contributed by atoms with E-state index in [4.69, 9.17) is 0 Å². The third-order valence-electron chi connectivity index (χ3n) is 3.21. The van der Waals surface area contributed by atoms with E-state index in [1.54, 1.807) is 48.5 Å². The molecule has 3 nitrogen and oxygen atoms in total. The quantitative estimate of drug-likeness (QED) is 0.789. The number of hydrogen-bond acceptors (Lipinski definition) is 3. The van der Waals surface area contributed by atoms with E-state index in [9.17, 15) is 9.18 Å². The van der Waals surface area contributed by atoms with Gasteiger partial charge in [-0.15, -0.1) is 0 Å². The van der Waals surface area contributed by atoms with Crippen LogP contribution in [0.1, 0.15) is 28.9 Å². The number of hydrogen-bond donors (Lipinski definition) is 0. The molecule has 0 bridgehead atoms. The van der Waals surface area contributed by atoms with Crippen LogP contribution < -0.4 is 4.90 Å². The number of carbonyl (C=O) groups excluding carboxylic acids is 1. The van der Waals surface area contributed by atoms with Crippen LogP contribution >= 0.6 is 0 Å². The van der Waals surface area contributed by atoms with Crippen molar-refractivity contribution in [1.29, 1.82) is 0 Å². The molecule has 1 aromatic carbocycles. The Bertz CT molecular complexity index is 586. The monoisotopic (exact) mass is 258 g/mol. The second kappa shape index (κ2) is 5.61. The molecule has 0 aliphatic rings. The number of nitrogens with zero attached hydrogens (tertiary/aromatic N) is 2. The van der Waals surface area contributed by atoms with Crippen molar-refractivity contribution in [1.82, 2.24) is 4.98 Å². The molecule has 0 radical (unpaired) electrons. The number of pyridine rings is 1. The number of rotatable bonds is 4. The van der Waals surface area contributed by atoms with Crippen LogP contribution in [0.2, 0.25) is 0 Å². The van der Waals surface area contributed by atoms with E-state index < -0.39 is 0 Å². The Kier molecular flexibility index (Phi) is 3.90. The highest BCUT2D eigenvalue weighted by Crippen LogP contribution is 2.26. The summed E-state index contributed by atoms with van der Waals surface area (Å²) in [5.41, 5.74) is 1.07. The van der Waals surface area contributed by atoms with Gasteiger partial charge in [-0.1, -0.05) is 18.2 Å². The maximum absolute atomic E-state index is 13.8. The van der Waals surface area contributed by atoms with Gasteiger partial charge in [0.2, 0.25) is 0 Å². The summed E-state index contributed by atoms with van der Waals surface area (Å²) in [6.07, 6.45) is 2.37. The van der Waals surface area contributed by atoms with Gasteiger partial charge >= 0.3 is 0 Å². The van der Waals surface area contributed by atoms with E-state index in [1.807, 2.05) is 6.92 Å². The van der Waals surface area contributed by atoms with Crippen LogP contribution in [0.5, 0.6) is 0 Å². The highest BCUT2D eigenvalue weighted by atomic mass is 19.1. The van der Waals surface area contributed by atoms with Gasteiger partial charge in [-0.25, -0.2) is 9.37 Å². The van der Waals surface area contributed by atoms with Crippen molar-refractivity contribution in [2.45, 2.75) is 13.0 Å². The number of aromatic nitrogens is 1. The molecule has 4 heteroatoms. The smallest absolute Gasteiger partial charge is 0.153 e.